The van der Waals surface area contributed by atoms with Gasteiger partial charge in [-0.05, 0) is 54.8 Å². The quantitative estimate of drug-likeness (QED) is 0.244. The Labute approximate surface area is 216 Å². The minimum Gasteiger partial charge on any atom is -0.497 e. The molecule has 0 aliphatic rings. The molecule has 187 valence electrons. The van der Waals surface area contributed by atoms with Gasteiger partial charge in [0.1, 0.15) is 41.4 Å². The van der Waals surface area contributed by atoms with Crippen LogP contribution in [0, 0.1) is 6.92 Å². The van der Waals surface area contributed by atoms with Gasteiger partial charge >= 0.3 is 0 Å². The zero-order chi connectivity index (χ0) is 25.8. The van der Waals surface area contributed by atoms with Gasteiger partial charge in [0.15, 0.2) is 5.65 Å². The molecule has 0 saturated carbocycles. The molecule has 2 aromatic heterocycles. The van der Waals surface area contributed by atoms with Crippen molar-refractivity contribution in [2.75, 3.05) is 14.2 Å². The zero-order valence-electron chi connectivity index (χ0n) is 21.2. The smallest absolute Gasteiger partial charge is 0.163 e. The summed E-state index contributed by atoms with van der Waals surface area (Å²) < 4.78 is 19.9. The Bertz CT molecular complexity index is 1420. The average Bonchev–Trinajstić information content (AvgIpc) is 3.33. The van der Waals surface area contributed by atoms with Crippen molar-refractivity contribution in [1.82, 2.24) is 19.5 Å². The molecule has 2 heterocycles. The molecule has 0 aliphatic carbocycles. The molecule has 0 aliphatic heterocycles. The number of hydrogen-bond donors (Lipinski definition) is 0. The highest BCUT2D eigenvalue weighted by Gasteiger charge is 2.38. The first-order chi connectivity index (χ1) is 18.1. The molecule has 7 nitrogen and oxygen atoms in total. The first-order valence-corrected chi connectivity index (χ1v) is 12.0. The van der Waals surface area contributed by atoms with E-state index in [0.717, 1.165) is 39.7 Å². The van der Waals surface area contributed by atoms with E-state index in [4.69, 9.17) is 19.2 Å². The van der Waals surface area contributed by atoms with Crippen molar-refractivity contribution in [3.05, 3.63) is 121 Å². The van der Waals surface area contributed by atoms with E-state index >= 15 is 0 Å². The lowest BCUT2D eigenvalue weighted by Gasteiger charge is -2.36. The van der Waals surface area contributed by atoms with Crippen molar-refractivity contribution >= 4 is 11.2 Å². The third kappa shape index (κ3) is 4.54. The Morgan fingerprint density at radius 1 is 0.838 bits per heavy atom. The molecule has 0 spiro atoms. The monoisotopic (exact) mass is 493 g/mol. The number of methoxy groups -OCH3 is 2. The van der Waals surface area contributed by atoms with Crippen molar-refractivity contribution < 1.29 is 14.2 Å². The Morgan fingerprint density at radius 3 is 1.95 bits per heavy atom. The Balaban J connectivity index is 1.69. The first kappa shape index (κ1) is 24.5. The van der Waals surface area contributed by atoms with Gasteiger partial charge in [-0.1, -0.05) is 54.6 Å². The standard InChI is InChI=1S/C30H29N4O3/c1-21(2)34-28(33-27-18-31-20-32-29(27)34)19-37-30(22-8-6-5-7-9-22,23-10-14-25(35-3)15-11-23)24-12-16-26(36-4)17-13-24/h5-18,20-21H,1,19H2,2-4H3/t21-/m0/s1. The molecule has 5 rings (SSSR count). The SMILES string of the molecule is [CH2][C@@H](C)n1c(COC(c2ccccc2)(c2ccc(OC)cc2)c2ccc(OC)cc2)nc2cncnc21. The van der Waals surface area contributed by atoms with E-state index in [2.05, 4.69) is 29.0 Å². The number of fused-ring (bicyclic) bond motifs is 1. The summed E-state index contributed by atoms with van der Waals surface area (Å²) in [4.78, 5) is 13.4. The van der Waals surface area contributed by atoms with Gasteiger partial charge in [0.25, 0.3) is 0 Å². The molecule has 0 bridgehead atoms. The van der Waals surface area contributed by atoms with E-state index in [-0.39, 0.29) is 12.6 Å². The zero-order valence-corrected chi connectivity index (χ0v) is 21.2. The van der Waals surface area contributed by atoms with E-state index in [0.29, 0.717) is 5.52 Å². The number of hydrogen-bond acceptors (Lipinski definition) is 6. The lowest BCUT2D eigenvalue weighted by Crippen LogP contribution is -2.33. The van der Waals surface area contributed by atoms with Crippen LogP contribution in [0.1, 0.15) is 35.5 Å². The minimum atomic E-state index is -0.946. The lowest BCUT2D eigenvalue weighted by atomic mass is 9.80. The third-order valence-corrected chi connectivity index (χ3v) is 6.46. The van der Waals surface area contributed by atoms with Gasteiger partial charge in [0, 0.05) is 6.04 Å². The van der Waals surface area contributed by atoms with Gasteiger partial charge in [-0.25, -0.2) is 15.0 Å². The summed E-state index contributed by atoms with van der Waals surface area (Å²) in [7, 11) is 3.32. The van der Waals surface area contributed by atoms with Crippen molar-refractivity contribution in [2.24, 2.45) is 0 Å². The first-order valence-electron chi connectivity index (χ1n) is 12.0. The maximum Gasteiger partial charge on any atom is 0.163 e. The summed E-state index contributed by atoms with van der Waals surface area (Å²) in [6.45, 7) is 6.44. The average molecular weight is 494 g/mol. The Kier molecular flexibility index (Phi) is 6.88. The second-order valence-corrected chi connectivity index (χ2v) is 8.77. The van der Waals surface area contributed by atoms with Crippen molar-refractivity contribution in [1.29, 1.82) is 0 Å². The summed E-state index contributed by atoms with van der Waals surface area (Å²) >= 11 is 0. The van der Waals surface area contributed by atoms with Gasteiger partial charge in [0.2, 0.25) is 0 Å². The maximum atomic E-state index is 7.00. The lowest BCUT2D eigenvalue weighted by molar-refractivity contribution is -0.00455. The van der Waals surface area contributed by atoms with Crippen LogP contribution in [0.3, 0.4) is 0 Å². The number of ether oxygens (including phenoxy) is 3. The normalized spacial score (nSPS) is 11.7. The third-order valence-electron chi connectivity index (χ3n) is 6.46. The molecule has 0 N–H and O–H groups in total. The molecule has 0 amide bonds. The molecule has 1 radical (unpaired) electrons. The fourth-order valence-electron chi connectivity index (χ4n) is 4.71. The van der Waals surface area contributed by atoms with Crippen LogP contribution < -0.4 is 9.47 Å². The van der Waals surface area contributed by atoms with Gasteiger partial charge in [-0.2, -0.15) is 0 Å². The van der Waals surface area contributed by atoms with E-state index in [9.17, 15) is 0 Å². The second-order valence-electron chi connectivity index (χ2n) is 8.77. The highest BCUT2D eigenvalue weighted by molar-refractivity contribution is 5.70. The maximum absolute atomic E-state index is 7.00. The van der Waals surface area contributed by atoms with Crippen LogP contribution in [0.4, 0.5) is 0 Å². The van der Waals surface area contributed by atoms with Crippen molar-refractivity contribution in [3.63, 3.8) is 0 Å². The minimum absolute atomic E-state index is 0.105. The van der Waals surface area contributed by atoms with Crippen molar-refractivity contribution in [2.45, 2.75) is 25.2 Å². The molecule has 7 heteroatoms. The summed E-state index contributed by atoms with van der Waals surface area (Å²) in [6.07, 6.45) is 3.23. The highest BCUT2D eigenvalue weighted by Crippen LogP contribution is 2.42. The van der Waals surface area contributed by atoms with Crippen LogP contribution in [0.2, 0.25) is 0 Å². The molecular weight excluding hydrogens is 464 g/mol. The highest BCUT2D eigenvalue weighted by atomic mass is 16.5. The molecule has 0 saturated heterocycles. The van der Waals surface area contributed by atoms with E-state index in [1.165, 1.54) is 6.33 Å². The largest absolute Gasteiger partial charge is 0.497 e. The van der Waals surface area contributed by atoms with Crippen LogP contribution in [-0.2, 0) is 16.9 Å². The van der Waals surface area contributed by atoms with Crippen LogP contribution in [0.5, 0.6) is 11.5 Å². The molecule has 3 aromatic carbocycles. The van der Waals surface area contributed by atoms with Gasteiger partial charge < -0.3 is 18.8 Å². The van der Waals surface area contributed by atoms with E-state index in [1.807, 2.05) is 78.2 Å². The molecule has 0 fully saturated rings. The summed E-state index contributed by atoms with van der Waals surface area (Å²) in [5, 5.41) is 0. The van der Waals surface area contributed by atoms with Crippen LogP contribution in [-0.4, -0.2) is 33.7 Å². The predicted octanol–water partition coefficient (Wildman–Crippen LogP) is 5.75. The molecule has 37 heavy (non-hydrogen) atoms. The Morgan fingerprint density at radius 2 is 1.41 bits per heavy atom. The molecule has 0 unspecified atom stereocenters. The summed E-state index contributed by atoms with van der Waals surface area (Å²) in [5.74, 6) is 2.26. The summed E-state index contributed by atoms with van der Waals surface area (Å²) in [6, 6.07) is 26.0. The molecule has 5 aromatic rings. The van der Waals surface area contributed by atoms with Crippen LogP contribution >= 0.6 is 0 Å². The van der Waals surface area contributed by atoms with Gasteiger partial charge in [-0.3, -0.25) is 0 Å². The number of aromatic nitrogens is 4. The van der Waals surface area contributed by atoms with Crippen LogP contribution in [0.25, 0.3) is 11.2 Å². The fourth-order valence-corrected chi connectivity index (χ4v) is 4.71. The van der Waals surface area contributed by atoms with Crippen LogP contribution in [0.15, 0.2) is 91.4 Å². The predicted molar refractivity (Wildman–Crippen MR) is 142 cm³/mol. The molecular formula is C30H29N4O3. The Hall–Kier alpha value is -4.23. The number of benzene rings is 3. The molecule has 1 atom stereocenters. The number of rotatable bonds is 9. The van der Waals surface area contributed by atoms with Gasteiger partial charge in [-0.15, -0.1) is 0 Å². The fraction of sp³-hybridized carbons (Fsp3) is 0.200. The number of nitrogens with zero attached hydrogens (tertiary/aromatic N) is 4. The van der Waals surface area contributed by atoms with E-state index in [1.54, 1.807) is 20.4 Å². The van der Waals surface area contributed by atoms with Gasteiger partial charge in [0.05, 0.1) is 20.4 Å². The number of imidazole rings is 1. The second kappa shape index (κ2) is 10.4. The van der Waals surface area contributed by atoms with Crippen molar-refractivity contribution in [3.8, 4) is 11.5 Å². The summed E-state index contributed by atoms with van der Waals surface area (Å²) in [5.41, 5.74) is 3.38. The van der Waals surface area contributed by atoms with E-state index < -0.39 is 5.60 Å². The topological polar surface area (TPSA) is 71.3 Å².